The van der Waals surface area contributed by atoms with Crippen LogP contribution in [0.25, 0.3) is 16.7 Å². The lowest BCUT2D eigenvalue weighted by molar-refractivity contribution is 0.445. The van der Waals surface area contributed by atoms with Crippen LogP contribution in [0.1, 0.15) is 5.56 Å². The van der Waals surface area contributed by atoms with Crippen LogP contribution in [-0.4, -0.2) is 9.55 Å². The molecular formula is C14H7F3N4. The number of nitrogens with two attached hydrogens (primary N) is 1. The smallest absolute Gasteiger partial charge is 0.206 e. The zero-order valence-corrected chi connectivity index (χ0v) is 10.4. The number of nitrogens with zero attached hydrogens (tertiary/aromatic N) is 3. The average Bonchev–Trinajstić information content (AvgIpc) is 2.80. The third-order valence-corrected chi connectivity index (χ3v) is 3.07. The first-order chi connectivity index (χ1) is 10.0. The molecule has 3 aromatic rings. The maximum atomic E-state index is 13.9. The van der Waals surface area contributed by atoms with E-state index in [9.17, 15) is 13.2 Å². The number of hydrogen-bond donors (Lipinski definition) is 1. The second-order valence-corrected chi connectivity index (χ2v) is 4.32. The fourth-order valence-electron chi connectivity index (χ4n) is 2.11. The molecule has 0 saturated carbocycles. The topological polar surface area (TPSA) is 67.6 Å². The van der Waals surface area contributed by atoms with Crippen molar-refractivity contribution in [2.75, 3.05) is 5.73 Å². The highest BCUT2D eigenvalue weighted by molar-refractivity contribution is 5.82. The minimum atomic E-state index is -1.59. The summed E-state index contributed by atoms with van der Waals surface area (Å²) >= 11 is 0. The molecule has 0 unspecified atom stereocenters. The van der Waals surface area contributed by atoms with E-state index in [0.717, 1.165) is 16.7 Å². The molecule has 0 radical (unpaired) electrons. The van der Waals surface area contributed by atoms with Crippen molar-refractivity contribution in [2.24, 2.45) is 0 Å². The Balaban J connectivity index is 2.37. The van der Waals surface area contributed by atoms with Crippen molar-refractivity contribution in [3.8, 4) is 11.8 Å². The number of benzene rings is 2. The molecule has 4 nitrogen and oxygen atoms in total. The standard InChI is InChI=1S/C14H7F3N4/c15-8-2-4-10(13(17)12(8)16)21-11-5-7(6-18)1-3-9(11)20-14(21)19/h1-5H,(H2,19,20). The number of imidazole rings is 1. The zero-order valence-electron chi connectivity index (χ0n) is 10.4. The van der Waals surface area contributed by atoms with Gasteiger partial charge in [0.1, 0.15) is 0 Å². The van der Waals surface area contributed by atoms with E-state index in [2.05, 4.69) is 4.98 Å². The lowest BCUT2D eigenvalue weighted by Crippen LogP contribution is -2.05. The minimum absolute atomic E-state index is 0.0926. The molecule has 7 heteroatoms. The van der Waals surface area contributed by atoms with E-state index in [4.69, 9.17) is 11.0 Å². The Labute approximate surface area is 116 Å². The molecule has 0 atom stereocenters. The third-order valence-electron chi connectivity index (χ3n) is 3.07. The summed E-state index contributed by atoms with van der Waals surface area (Å²) in [6, 6.07) is 8.30. The second-order valence-electron chi connectivity index (χ2n) is 4.32. The number of nitriles is 1. The number of nitrogen functional groups attached to an aromatic ring is 1. The van der Waals surface area contributed by atoms with Crippen LogP contribution >= 0.6 is 0 Å². The Kier molecular flexibility index (Phi) is 2.80. The van der Waals surface area contributed by atoms with Gasteiger partial charge in [-0.1, -0.05) is 0 Å². The van der Waals surface area contributed by atoms with Gasteiger partial charge >= 0.3 is 0 Å². The summed E-state index contributed by atoms with van der Waals surface area (Å²) in [5.74, 6) is -4.35. The summed E-state index contributed by atoms with van der Waals surface area (Å²) in [7, 11) is 0. The SMILES string of the molecule is N#Cc1ccc2nc(N)n(-c3ccc(F)c(F)c3F)c2c1. The van der Waals surface area contributed by atoms with Gasteiger partial charge < -0.3 is 5.73 Å². The summed E-state index contributed by atoms with van der Waals surface area (Å²) < 4.78 is 41.5. The molecule has 2 aromatic carbocycles. The minimum Gasteiger partial charge on any atom is -0.369 e. The Hall–Kier alpha value is -3.01. The summed E-state index contributed by atoms with van der Waals surface area (Å²) in [6.07, 6.45) is 0. The van der Waals surface area contributed by atoms with Crippen LogP contribution < -0.4 is 5.73 Å². The lowest BCUT2D eigenvalue weighted by atomic mass is 10.2. The van der Waals surface area contributed by atoms with Gasteiger partial charge in [0.2, 0.25) is 5.95 Å². The Morgan fingerprint density at radius 2 is 1.86 bits per heavy atom. The van der Waals surface area contributed by atoms with Gasteiger partial charge in [-0.15, -0.1) is 0 Å². The molecule has 0 spiro atoms. The highest BCUT2D eigenvalue weighted by atomic mass is 19.2. The van der Waals surface area contributed by atoms with Gasteiger partial charge in [0.15, 0.2) is 17.5 Å². The van der Waals surface area contributed by atoms with Crippen LogP contribution in [-0.2, 0) is 0 Å². The van der Waals surface area contributed by atoms with Gasteiger partial charge in [0.05, 0.1) is 28.4 Å². The van der Waals surface area contributed by atoms with Gasteiger partial charge in [0, 0.05) is 0 Å². The normalized spacial score (nSPS) is 10.8. The average molecular weight is 288 g/mol. The number of hydrogen-bond acceptors (Lipinski definition) is 3. The van der Waals surface area contributed by atoms with E-state index in [1.807, 2.05) is 6.07 Å². The van der Waals surface area contributed by atoms with Crippen molar-refractivity contribution in [3.63, 3.8) is 0 Å². The number of rotatable bonds is 1. The maximum Gasteiger partial charge on any atom is 0.206 e. The molecular weight excluding hydrogens is 281 g/mol. The number of halogens is 3. The van der Waals surface area contributed by atoms with Crippen molar-refractivity contribution < 1.29 is 13.2 Å². The Bertz CT molecular complexity index is 909. The molecule has 0 aliphatic carbocycles. The molecule has 0 fully saturated rings. The van der Waals surface area contributed by atoms with E-state index in [0.29, 0.717) is 16.6 Å². The fourth-order valence-corrected chi connectivity index (χ4v) is 2.11. The molecule has 1 heterocycles. The van der Waals surface area contributed by atoms with Crippen LogP contribution in [0.2, 0.25) is 0 Å². The van der Waals surface area contributed by atoms with Crippen LogP contribution in [0.15, 0.2) is 30.3 Å². The van der Waals surface area contributed by atoms with Crippen molar-refractivity contribution in [1.82, 2.24) is 9.55 Å². The van der Waals surface area contributed by atoms with Crippen molar-refractivity contribution in [1.29, 1.82) is 5.26 Å². The van der Waals surface area contributed by atoms with Gasteiger partial charge in [-0.3, -0.25) is 4.57 Å². The first kappa shape index (κ1) is 13.0. The first-order valence-electron chi connectivity index (χ1n) is 5.85. The van der Waals surface area contributed by atoms with E-state index >= 15 is 0 Å². The van der Waals surface area contributed by atoms with Gasteiger partial charge in [-0.25, -0.2) is 18.2 Å². The molecule has 3 rings (SSSR count). The largest absolute Gasteiger partial charge is 0.369 e. The van der Waals surface area contributed by atoms with Crippen LogP contribution in [0.4, 0.5) is 19.1 Å². The second kappa shape index (κ2) is 4.52. The third kappa shape index (κ3) is 1.89. The van der Waals surface area contributed by atoms with Gasteiger partial charge in [0.25, 0.3) is 0 Å². The van der Waals surface area contributed by atoms with Crippen molar-refractivity contribution in [3.05, 3.63) is 53.3 Å². The van der Waals surface area contributed by atoms with E-state index < -0.39 is 17.5 Å². The summed E-state index contributed by atoms with van der Waals surface area (Å²) in [4.78, 5) is 4.01. The quantitative estimate of drug-likeness (QED) is 0.700. The van der Waals surface area contributed by atoms with Crippen LogP contribution in [0.3, 0.4) is 0 Å². The molecule has 2 N–H and O–H groups in total. The lowest BCUT2D eigenvalue weighted by Gasteiger charge is -2.08. The van der Waals surface area contributed by atoms with Gasteiger partial charge in [-0.05, 0) is 30.3 Å². The van der Waals surface area contributed by atoms with Crippen LogP contribution in [0, 0.1) is 28.8 Å². The predicted octanol–water partition coefficient (Wildman–Crippen LogP) is 2.90. The van der Waals surface area contributed by atoms with Gasteiger partial charge in [-0.2, -0.15) is 5.26 Å². The number of anilines is 1. The monoisotopic (exact) mass is 288 g/mol. The molecule has 0 amide bonds. The molecule has 0 bridgehead atoms. The molecule has 21 heavy (non-hydrogen) atoms. The highest BCUT2D eigenvalue weighted by Gasteiger charge is 2.19. The molecule has 0 aliphatic rings. The van der Waals surface area contributed by atoms with Crippen LogP contribution in [0.5, 0.6) is 0 Å². The summed E-state index contributed by atoms with van der Waals surface area (Å²) in [5, 5.41) is 8.91. The molecule has 1 aromatic heterocycles. The summed E-state index contributed by atoms with van der Waals surface area (Å²) in [6.45, 7) is 0. The first-order valence-corrected chi connectivity index (χ1v) is 5.85. The molecule has 0 saturated heterocycles. The Morgan fingerprint density at radius 1 is 1.10 bits per heavy atom. The maximum absolute atomic E-state index is 13.9. The van der Waals surface area contributed by atoms with Crippen molar-refractivity contribution in [2.45, 2.75) is 0 Å². The van der Waals surface area contributed by atoms with Crippen molar-refractivity contribution >= 4 is 17.0 Å². The number of aromatic nitrogens is 2. The zero-order chi connectivity index (χ0) is 15.1. The predicted molar refractivity (Wildman–Crippen MR) is 70.1 cm³/mol. The van der Waals surface area contributed by atoms with E-state index in [1.54, 1.807) is 6.07 Å². The Morgan fingerprint density at radius 3 is 2.57 bits per heavy atom. The molecule has 0 aliphatic heterocycles. The number of fused-ring (bicyclic) bond motifs is 1. The highest BCUT2D eigenvalue weighted by Crippen LogP contribution is 2.27. The summed E-state index contributed by atoms with van der Waals surface area (Å²) in [5.41, 5.74) is 6.50. The van der Waals surface area contributed by atoms with E-state index in [-0.39, 0.29) is 11.6 Å². The fraction of sp³-hybridized carbons (Fsp3) is 0. The van der Waals surface area contributed by atoms with E-state index in [1.165, 1.54) is 12.1 Å². The molecule has 104 valence electrons.